The average molecular weight is 274 g/mol. The summed E-state index contributed by atoms with van der Waals surface area (Å²) in [6, 6.07) is 5.69. The zero-order chi connectivity index (χ0) is 14.2. The highest BCUT2D eigenvalue weighted by Gasteiger charge is 2.03. The molecule has 6 nitrogen and oxygen atoms in total. The molecule has 0 saturated heterocycles. The van der Waals surface area contributed by atoms with Crippen LogP contribution in [0, 0.1) is 6.92 Å². The maximum Gasteiger partial charge on any atom is 0.218 e. The van der Waals surface area contributed by atoms with E-state index in [4.69, 9.17) is 9.47 Å². The van der Waals surface area contributed by atoms with Gasteiger partial charge in [0.05, 0.1) is 6.61 Å². The van der Waals surface area contributed by atoms with Gasteiger partial charge in [0.15, 0.2) is 0 Å². The summed E-state index contributed by atoms with van der Waals surface area (Å²) in [5, 5.41) is 3.23. The summed E-state index contributed by atoms with van der Waals surface area (Å²) in [6.45, 7) is 3.48. The van der Waals surface area contributed by atoms with Crippen molar-refractivity contribution in [3.63, 3.8) is 0 Å². The van der Waals surface area contributed by atoms with Gasteiger partial charge in [-0.15, -0.1) is 0 Å². The van der Waals surface area contributed by atoms with Crippen molar-refractivity contribution in [1.82, 2.24) is 15.0 Å². The van der Waals surface area contributed by atoms with E-state index in [-0.39, 0.29) is 0 Å². The van der Waals surface area contributed by atoms with Gasteiger partial charge in [0, 0.05) is 32.1 Å². The highest BCUT2D eigenvalue weighted by atomic mass is 16.5. The van der Waals surface area contributed by atoms with E-state index in [0.717, 1.165) is 11.4 Å². The van der Waals surface area contributed by atoms with Crippen molar-refractivity contribution in [3.8, 4) is 5.88 Å². The van der Waals surface area contributed by atoms with Crippen LogP contribution in [0.25, 0.3) is 0 Å². The first-order valence-electron chi connectivity index (χ1n) is 6.38. The summed E-state index contributed by atoms with van der Waals surface area (Å²) in [5.41, 5.74) is 1.09. The van der Waals surface area contributed by atoms with E-state index >= 15 is 0 Å². The van der Waals surface area contributed by atoms with E-state index in [1.165, 1.54) is 0 Å². The molecule has 2 aromatic heterocycles. The van der Waals surface area contributed by atoms with Gasteiger partial charge >= 0.3 is 0 Å². The molecule has 0 aliphatic heterocycles. The molecular weight excluding hydrogens is 256 g/mol. The van der Waals surface area contributed by atoms with Gasteiger partial charge in [-0.1, -0.05) is 6.07 Å². The van der Waals surface area contributed by atoms with Crippen molar-refractivity contribution >= 4 is 5.82 Å². The van der Waals surface area contributed by atoms with E-state index in [9.17, 15) is 0 Å². The second-order valence-corrected chi connectivity index (χ2v) is 4.19. The van der Waals surface area contributed by atoms with Gasteiger partial charge < -0.3 is 14.8 Å². The molecule has 0 amide bonds. The normalized spacial score (nSPS) is 10.3. The average Bonchev–Trinajstić information content (AvgIpc) is 2.46. The fourth-order valence-electron chi connectivity index (χ4n) is 1.63. The molecule has 0 saturated carbocycles. The van der Waals surface area contributed by atoms with Crippen LogP contribution in [-0.2, 0) is 11.3 Å². The Balaban J connectivity index is 1.97. The molecule has 0 radical (unpaired) electrons. The molecule has 0 aliphatic carbocycles. The van der Waals surface area contributed by atoms with Crippen LogP contribution >= 0.6 is 0 Å². The van der Waals surface area contributed by atoms with Crippen molar-refractivity contribution in [2.75, 3.05) is 25.6 Å². The third-order valence-corrected chi connectivity index (χ3v) is 2.55. The van der Waals surface area contributed by atoms with E-state index in [1.807, 2.05) is 25.3 Å². The minimum absolute atomic E-state index is 0.467. The van der Waals surface area contributed by atoms with Crippen LogP contribution in [-0.4, -0.2) is 35.3 Å². The lowest BCUT2D eigenvalue weighted by atomic mass is 10.3. The number of aryl methyl sites for hydroxylation is 1. The molecule has 106 valence electrons. The Morgan fingerprint density at radius 3 is 2.90 bits per heavy atom. The van der Waals surface area contributed by atoms with E-state index in [1.54, 1.807) is 19.4 Å². The van der Waals surface area contributed by atoms with Crippen LogP contribution in [0.4, 0.5) is 5.82 Å². The number of pyridine rings is 1. The molecule has 0 aromatic carbocycles. The molecule has 20 heavy (non-hydrogen) atoms. The molecule has 0 bridgehead atoms. The van der Waals surface area contributed by atoms with E-state index in [2.05, 4.69) is 20.3 Å². The number of aromatic nitrogens is 3. The van der Waals surface area contributed by atoms with Crippen molar-refractivity contribution in [2.45, 2.75) is 13.5 Å². The zero-order valence-electron chi connectivity index (χ0n) is 11.7. The second kappa shape index (κ2) is 7.40. The lowest BCUT2D eigenvalue weighted by molar-refractivity contribution is 0.143. The quantitative estimate of drug-likeness (QED) is 0.777. The van der Waals surface area contributed by atoms with Crippen LogP contribution in [0.1, 0.15) is 11.4 Å². The van der Waals surface area contributed by atoms with Crippen LogP contribution in [0.5, 0.6) is 5.88 Å². The summed E-state index contributed by atoms with van der Waals surface area (Å²) >= 11 is 0. The number of hydrogen-bond acceptors (Lipinski definition) is 6. The van der Waals surface area contributed by atoms with Crippen molar-refractivity contribution in [3.05, 3.63) is 42.0 Å². The minimum atomic E-state index is 0.467. The monoisotopic (exact) mass is 274 g/mol. The minimum Gasteiger partial charge on any atom is -0.475 e. The number of anilines is 1. The fraction of sp³-hybridized carbons (Fsp3) is 0.357. The van der Waals surface area contributed by atoms with E-state index < -0.39 is 0 Å². The van der Waals surface area contributed by atoms with Crippen molar-refractivity contribution in [1.29, 1.82) is 0 Å². The van der Waals surface area contributed by atoms with Crippen LogP contribution in [0.3, 0.4) is 0 Å². The SMILES string of the molecule is COCCOc1cc(NCc2cccnc2)nc(C)n1. The summed E-state index contributed by atoms with van der Waals surface area (Å²) in [6.07, 6.45) is 3.57. The molecule has 0 spiro atoms. The van der Waals surface area contributed by atoms with Gasteiger partial charge in [-0.3, -0.25) is 4.98 Å². The second-order valence-electron chi connectivity index (χ2n) is 4.19. The first-order chi connectivity index (χ1) is 9.78. The number of hydrogen-bond donors (Lipinski definition) is 1. The number of ether oxygens (including phenoxy) is 2. The molecular formula is C14H18N4O2. The van der Waals surface area contributed by atoms with Gasteiger partial charge in [-0.2, -0.15) is 4.98 Å². The predicted octanol–water partition coefficient (Wildman–Crippen LogP) is 1.82. The summed E-state index contributed by atoms with van der Waals surface area (Å²) in [4.78, 5) is 12.6. The number of nitrogens with zero attached hydrogens (tertiary/aromatic N) is 3. The van der Waals surface area contributed by atoms with Crippen molar-refractivity contribution < 1.29 is 9.47 Å². The highest BCUT2D eigenvalue weighted by molar-refractivity contribution is 5.39. The smallest absolute Gasteiger partial charge is 0.218 e. The van der Waals surface area contributed by atoms with Gasteiger partial charge in [0.25, 0.3) is 0 Å². The Morgan fingerprint density at radius 2 is 2.15 bits per heavy atom. The van der Waals surface area contributed by atoms with Gasteiger partial charge in [-0.05, 0) is 18.6 Å². The topological polar surface area (TPSA) is 69.2 Å². The lowest BCUT2D eigenvalue weighted by Crippen LogP contribution is -2.08. The molecule has 2 heterocycles. The Kier molecular flexibility index (Phi) is 5.25. The third kappa shape index (κ3) is 4.47. The van der Waals surface area contributed by atoms with Gasteiger partial charge in [0.2, 0.25) is 5.88 Å². The number of methoxy groups -OCH3 is 1. The fourth-order valence-corrected chi connectivity index (χ4v) is 1.63. The summed E-state index contributed by atoms with van der Waals surface area (Å²) in [5.74, 6) is 1.94. The summed E-state index contributed by atoms with van der Waals surface area (Å²) in [7, 11) is 1.63. The molecule has 0 aliphatic rings. The number of nitrogens with one attached hydrogen (secondary N) is 1. The predicted molar refractivity (Wildman–Crippen MR) is 75.7 cm³/mol. The largest absolute Gasteiger partial charge is 0.475 e. The van der Waals surface area contributed by atoms with Crippen LogP contribution in [0.2, 0.25) is 0 Å². The van der Waals surface area contributed by atoms with Crippen LogP contribution in [0.15, 0.2) is 30.6 Å². The Morgan fingerprint density at radius 1 is 1.25 bits per heavy atom. The molecule has 2 rings (SSSR count). The van der Waals surface area contributed by atoms with E-state index in [0.29, 0.717) is 31.5 Å². The van der Waals surface area contributed by atoms with Crippen molar-refractivity contribution in [2.24, 2.45) is 0 Å². The Bertz CT molecular complexity index is 534. The third-order valence-electron chi connectivity index (χ3n) is 2.55. The van der Waals surface area contributed by atoms with Gasteiger partial charge in [0.1, 0.15) is 18.2 Å². The first kappa shape index (κ1) is 14.2. The maximum atomic E-state index is 5.49. The standard InChI is InChI=1S/C14H18N4O2/c1-11-17-13(8-14(18-11)20-7-6-19-2)16-10-12-4-3-5-15-9-12/h3-5,8-9H,6-7,10H2,1-2H3,(H,16,17,18). The summed E-state index contributed by atoms with van der Waals surface area (Å²) < 4.78 is 10.4. The first-order valence-corrected chi connectivity index (χ1v) is 6.38. The lowest BCUT2D eigenvalue weighted by Gasteiger charge is -2.09. The zero-order valence-corrected chi connectivity index (χ0v) is 11.7. The molecule has 0 fully saturated rings. The number of rotatable bonds is 7. The molecule has 0 atom stereocenters. The van der Waals surface area contributed by atoms with Gasteiger partial charge in [-0.25, -0.2) is 4.98 Å². The molecule has 1 N–H and O–H groups in total. The maximum absolute atomic E-state index is 5.49. The Hall–Kier alpha value is -2.21. The molecule has 0 unspecified atom stereocenters. The Labute approximate surface area is 118 Å². The van der Waals surface area contributed by atoms with Crippen LogP contribution < -0.4 is 10.1 Å². The highest BCUT2D eigenvalue weighted by Crippen LogP contribution is 2.14. The molecule has 2 aromatic rings. The molecule has 6 heteroatoms.